The van der Waals surface area contributed by atoms with Crippen LogP contribution >= 0.6 is 0 Å². The molecule has 46 heavy (non-hydrogen) atoms. The van der Waals surface area contributed by atoms with E-state index < -0.39 is 12.0 Å². The molecule has 0 radical (unpaired) electrons. The van der Waals surface area contributed by atoms with Gasteiger partial charge in [0.15, 0.2) is 5.78 Å². The summed E-state index contributed by atoms with van der Waals surface area (Å²) < 4.78 is 42.5. The van der Waals surface area contributed by atoms with Gasteiger partial charge in [0.1, 0.15) is 30.5 Å². The van der Waals surface area contributed by atoms with Crippen LogP contribution in [0.5, 0.6) is 0 Å². The Labute approximate surface area is 273 Å². The van der Waals surface area contributed by atoms with Crippen molar-refractivity contribution in [2.24, 2.45) is 35.5 Å². The van der Waals surface area contributed by atoms with Crippen LogP contribution in [0.4, 0.5) is 0 Å². The Balaban J connectivity index is 1.18. The van der Waals surface area contributed by atoms with Crippen molar-refractivity contribution in [3.63, 3.8) is 0 Å². The largest absolute Gasteiger partial charge is 0.458 e. The maximum absolute atomic E-state index is 13.9. The lowest BCUT2D eigenvalue weighted by molar-refractivity contribution is -0.249. The molecule has 3 aliphatic carbocycles. The Hall–Kier alpha value is -1.66. The van der Waals surface area contributed by atoms with Crippen molar-refractivity contribution in [1.82, 2.24) is 0 Å². The molecule has 0 aromatic rings. The first-order valence-corrected chi connectivity index (χ1v) is 17.5. The average Bonchev–Trinajstić information content (AvgIpc) is 3.57. The minimum Gasteiger partial charge on any atom is -0.458 e. The molecule has 10 nitrogen and oxygen atoms in total. The Kier molecular flexibility index (Phi) is 10.7. The minimum absolute atomic E-state index is 0.0158. The number of hydrogen-bond donors (Lipinski definition) is 1. The number of ketones is 1. The SMILES string of the molecule is CC/C=C/[C@H]1CCC[C@H](O)[C@@H](C)C(=O)C2=CC3C4C[C@H](OC[C@@H]5O[C@@H](C)[C@H](OC)[C@@H](OC)[C@H]5OC)CC4C4OC4C3C2CC(=O)O1. The van der Waals surface area contributed by atoms with Gasteiger partial charge in [0.2, 0.25) is 0 Å². The van der Waals surface area contributed by atoms with Crippen LogP contribution < -0.4 is 0 Å². The van der Waals surface area contributed by atoms with Gasteiger partial charge in [0, 0.05) is 39.1 Å². The number of Topliss-reactive ketones (excluding diaryl/α,β-unsaturated/α-hetero) is 1. The van der Waals surface area contributed by atoms with Gasteiger partial charge in [-0.1, -0.05) is 26.0 Å². The van der Waals surface area contributed by atoms with E-state index in [0.717, 1.165) is 19.3 Å². The number of carbonyl (C=O) groups is 2. The normalized spacial score (nSPS) is 47.6. The van der Waals surface area contributed by atoms with Gasteiger partial charge in [-0.05, 0) is 74.9 Å². The van der Waals surface area contributed by atoms with Gasteiger partial charge in [-0.15, -0.1) is 0 Å². The standard InChI is InChI=1S/C36H54O10/c1-7-8-10-20-11-9-12-27(37)18(2)31(39)25-15-23-22-13-21(14-26(22)33-35(46-33)30(23)24(25)16-29(38)45-20)43-17-28-34(41-5)36(42-6)32(40-4)19(3)44-28/h8,10,15,18-24,26-28,30,32-37H,7,9,11-14,16-17H2,1-6H3/b10-8+/t18-,19+,20+,21+,22?,23?,24?,26?,27+,28+,30?,32+,33?,34+,35?,36-/m1/s1. The Morgan fingerprint density at radius 3 is 2.41 bits per heavy atom. The van der Waals surface area contributed by atoms with E-state index in [1.165, 1.54) is 0 Å². The summed E-state index contributed by atoms with van der Waals surface area (Å²) in [4.78, 5) is 27.3. The van der Waals surface area contributed by atoms with E-state index in [1.54, 1.807) is 21.3 Å². The lowest BCUT2D eigenvalue weighted by Gasteiger charge is -2.44. The molecule has 6 rings (SSSR count). The molecule has 0 aromatic heterocycles. The molecular weight excluding hydrogens is 592 g/mol. The lowest BCUT2D eigenvalue weighted by Crippen LogP contribution is -2.59. The van der Waals surface area contributed by atoms with Crippen molar-refractivity contribution < 1.29 is 47.9 Å². The molecule has 1 N–H and O–H groups in total. The highest BCUT2D eigenvalue weighted by atomic mass is 16.6. The molecule has 16 atom stereocenters. The van der Waals surface area contributed by atoms with E-state index in [0.29, 0.717) is 37.4 Å². The van der Waals surface area contributed by atoms with Crippen LogP contribution in [0.3, 0.4) is 0 Å². The molecule has 3 saturated heterocycles. The maximum Gasteiger partial charge on any atom is 0.307 e. The van der Waals surface area contributed by atoms with Crippen LogP contribution in [0.15, 0.2) is 23.8 Å². The van der Waals surface area contributed by atoms with Gasteiger partial charge in [-0.25, -0.2) is 0 Å². The molecule has 0 spiro atoms. The summed E-state index contributed by atoms with van der Waals surface area (Å²) in [6.45, 7) is 6.24. The van der Waals surface area contributed by atoms with Crippen LogP contribution in [0, 0.1) is 35.5 Å². The number of epoxide rings is 1. The van der Waals surface area contributed by atoms with Gasteiger partial charge >= 0.3 is 5.97 Å². The second-order valence-corrected chi connectivity index (χ2v) is 14.4. The summed E-state index contributed by atoms with van der Waals surface area (Å²) in [7, 11) is 4.99. The Morgan fingerprint density at radius 2 is 1.70 bits per heavy atom. The number of hydrogen-bond acceptors (Lipinski definition) is 10. The molecule has 10 heteroatoms. The first-order valence-electron chi connectivity index (χ1n) is 17.5. The number of cyclic esters (lactones) is 1. The summed E-state index contributed by atoms with van der Waals surface area (Å²) in [5.74, 6) is -0.339. The quantitative estimate of drug-likeness (QED) is 0.237. The van der Waals surface area contributed by atoms with Gasteiger partial charge in [-0.3, -0.25) is 9.59 Å². The zero-order valence-corrected chi connectivity index (χ0v) is 28.2. The molecule has 258 valence electrons. The summed E-state index contributed by atoms with van der Waals surface area (Å²) in [6, 6.07) is 0. The third-order valence-corrected chi connectivity index (χ3v) is 11.9. The van der Waals surface area contributed by atoms with E-state index in [2.05, 4.69) is 13.0 Å². The number of rotatable bonds is 8. The van der Waals surface area contributed by atoms with Crippen molar-refractivity contribution in [3.8, 4) is 0 Å². The van der Waals surface area contributed by atoms with E-state index >= 15 is 0 Å². The molecule has 7 unspecified atom stereocenters. The van der Waals surface area contributed by atoms with Crippen molar-refractivity contribution in [2.45, 2.75) is 127 Å². The molecule has 0 amide bonds. The smallest absolute Gasteiger partial charge is 0.307 e. The number of fused-ring (bicyclic) bond motifs is 8. The highest BCUT2D eigenvalue weighted by molar-refractivity contribution is 5.99. The number of carbonyl (C=O) groups excluding carboxylic acids is 2. The molecule has 0 aromatic carbocycles. The van der Waals surface area contributed by atoms with Crippen LogP contribution in [0.1, 0.15) is 65.7 Å². The second-order valence-electron chi connectivity index (χ2n) is 14.4. The first-order chi connectivity index (χ1) is 22.2. The number of esters is 1. The fourth-order valence-corrected chi connectivity index (χ4v) is 9.52. The topological polar surface area (TPSA) is 122 Å². The average molecular weight is 647 g/mol. The summed E-state index contributed by atoms with van der Waals surface area (Å²) >= 11 is 0. The van der Waals surface area contributed by atoms with E-state index in [1.807, 2.05) is 26.0 Å². The van der Waals surface area contributed by atoms with Gasteiger partial charge in [0.25, 0.3) is 0 Å². The highest BCUT2D eigenvalue weighted by Gasteiger charge is 2.66. The van der Waals surface area contributed by atoms with Crippen LogP contribution in [-0.2, 0) is 42.7 Å². The Morgan fingerprint density at radius 1 is 0.957 bits per heavy atom. The van der Waals surface area contributed by atoms with Crippen LogP contribution in [-0.4, -0.2) is 106 Å². The maximum atomic E-state index is 13.9. The fraction of sp³-hybridized carbons (Fsp3) is 0.833. The second kappa shape index (κ2) is 14.4. The fourth-order valence-electron chi connectivity index (χ4n) is 9.52. The molecule has 2 saturated carbocycles. The lowest BCUT2D eigenvalue weighted by atomic mass is 9.66. The molecule has 5 fully saturated rings. The van der Waals surface area contributed by atoms with Gasteiger partial charge in [-0.2, -0.15) is 0 Å². The Bertz CT molecular complexity index is 1150. The molecule has 3 heterocycles. The molecular formula is C36H54O10. The first kappa shape index (κ1) is 34.2. The van der Waals surface area contributed by atoms with Crippen molar-refractivity contribution >= 4 is 11.8 Å². The summed E-state index contributed by atoms with van der Waals surface area (Å²) in [5, 5.41) is 11.0. The number of aliphatic hydroxyl groups excluding tert-OH is 1. The van der Waals surface area contributed by atoms with Gasteiger partial charge < -0.3 is 38.3 Å². The van der Waals surface area contributed by atoms with E-state index in [4.69, 9.17) is 33.2 Å². The number of allylic oxidation sites excluding steroid dienone is 3. The third-order valence-electron chi connectivity index (χ3n) is 11.9. The van der Waals surface area contributed by atoms with E-state index in [-0.39, 0.29) is 96.8 Å². The molecule has 0 bridgehead atoms. The third kappa shape index (κ3) is 6.52. The molecule has 6 aliphatic rings. The van der Waals surface area contributed by atoms with Crippen molar-refractivity contribution in [3.05, 3.63) is 23.8 Å². The monoisotopic (exact) mass is 646 g/mol. The minimum atomic E-state index is -0.734. The van der Waals surface area contributed by atoms with E-state index in [9.17, 15) is 14.7 Å². The highest BCUT2D eigenvalue weighted by Crippen LogP contribution is 2.62. The summed E-state index contributed by atoms with van der Waals surface area (Å²) in [5.41, 5.74) is 0.685. The van der Waals surface area contributed by atoms with Crippen molar-refractivity contribution in [2.75, 3.05) is 27.9 Å². The number of aliphatic hydroxyl groups is 1. The molecule has 3 aliphatic heterocycles. The predicted octanol–water partition coefficient (Wildman–Crippen LogP) is 3.82. The number of ether oxygens (including phenoxy) is 7. The predicted molar refractivity (Wildman–Crippen MR) is 168 cm³/mol. The zero-order valence-electron chi connectivity index (χ0n) is 28.2. The number of methoxy groups -OCH3 is 3. The van der Waals surface area contributed by atoms with Gasteiger partial charge in [0.05, 0.1) is 43.5 Å². The summed E-state index contributed by atoms with van der Waals surface area (Å²) in [6.07, 6.45) is 8.47. The van der Waals surface area contributed by atoms with Crippen molar-refractivity contribution in [1.29, 1.82) is 0 Å². The van der Waals surface area contributed by atoms with Crippen LogP contribution in [0.2, 0.25) is 0 Å². The zero-order chi connectivity index (χ0) is 32.7. The van der Waals surface area contributed by atoms with Crippen LogP contribution in [0.25, 0.3) is 0 Å².